The zero-order chi connectivity index (χ0) is 24.0. The maximum atomic E-state index is 12.1. The van der Waals surface area contributed by atoms with Gasteiger partial charge in [0.2, 0.25) is 0 Å². The predicted molar refractivity (Wildman–Crippen MR) is 131 cm³/mol. The van der Waals surface area contributed by atoms with E-state index in [1.165, 1.54) is 6.21 Å². The van der Waals surface area contributed by atoms with E-state index in [0.717, 1.165) is 34.0 Å². The summed E-state index contributed by atoms with van der Waals surface area (Å²) in [5.41, 5.74) is 7.83. The molecule has 7 heteroatoms. The molecular weight excluding hydrogens is 416 g/mol. The van der Waals surface area contributed by atoms with Gasteiger partial charge in [-0.15, -0.1) is 0 Å². The van der Waals surface area contributed by atoms with Crippen molar-refractivity contribution in [2.45, 2.75) is 40.5 Å². The van der Waals surface area contributed by atoms with Crippen LogP contribution in [0.3, 0.4) is 0 Å². The number of nitrogens with one attached hydrogen (secondary N) is 2. The fourth-order valence-corrected chi connectivity index (χ4v) is 3.52. The van der Waals surface area contributed by atoms with Crippen molar-refractivity contribution in [1.29, 1.82) is 0 Å². The van der Waals surface area contributed by atoms with E-state index in [4.69, 9.17) is 4.74 Å². The Morgan fingerprint density at radius 1 is 1.03 bits per heavy atom. The quantitative estimate of drug-likeness (QED) is 0.313. The van der Waals surface area contributed by atoms with Crippen LogP contribution in [-0.4, -0.2) is 29.2 Å². The van der Waals surface area contributed by atoms with Crippen LogP contribution in [0.1, 0.15) is 49.2 Å². The molecule has 7 nitrogen and oxygen atoms in total. The number of ether oxygens (including phenoxy) is 1. The molecule has 33 heavy (non-hydrogen) atoms. The molecule has 0 bridgehead atoms. The first-order valence-corrected chi connectivity index (χ1v) is 11.0. The molecule has 0 spiro atoms. The second kappa shape index (κ2) is 10.6. The fourth-order valence-electron chi connectivity index (χ4n) is 3.52. The minimum absolute atomic E-state index is 0.392. The summed E-state index contributed by atoms with van der Waals surface area (Å²) in [6, 6.07) is 17.2. The van der Waals surface area contributed by atoms with Crippen LogP contribution in [0.2, 0.25) is 0 Å². The number of rotatable bonds is 7. The first kappa shape index (κ1) is 23.8. The molecule has 1 heterocycles. The lowest BCUT2D eigenvalue weighted by Crippen LogP contribution is -2.32. The Bertz CT molecular complexity index is 1140. The van der Waals surface area contributed by atoms with Crippen molar-refractivity contribution in [2.75, 3.05) is 11.9 Å². The summed E-state index contributed by atoms with van der Waals surface area (Å²) in [5, 5.41) is 6.55. The summed E-state index contributed by atoms with van der Waals surface area (Å²) in [4.78, 5) is 24.3. The Hall–Kier alpha value is -3.87. The summed E-state index contributed by atoms with van der Waals surface area (Å²) in [5.74, 6) is -0.394. The molecule has 0 fully saturated rings. The van der Waals surface area contributed by atoms with E-state index < -0.39 is 11.8 Å². The SMILES string of the molecule is CCOc1ccc(-n2c(C)cc(/C=N\NC(=O)C(=O)Nc3ccc(C(C)C)cc3)c2C)cc1. The normalized spacial score (nSPS) is 11.1. The van der Waals surface area contributed by atoms with Gasteiger partial charge in [0, 0.05) is 28.3 Å². The number of hydrogen-bond donors (Lipinski definition) is 2. The monoisotopic (exact) mass is 446 g/mol. The summed E-state index contributed by atoms with van der Waals surface area (Å²) < 4.78 is 7.60. The Labute approximate surface area is 194 Å². The van der Waals surface area contributed by atoms with E-state index in [1.54, 1.807) is 12.1 Å². The van der Waals surface area contributed by atoms with Crippen molar-refractivity contribution in [2.24, 2.45) is 5.10 Å². The van der Waals surface area contributed by atoms with Crippen LogP contribution < -0.4 is 15.5 Å². The number of aromatic nitrogens is 1. The summed E-state index contributed by atoms with van der Waals surface area (Å²) in [6.45, 7) is 10.7. The lowest BCUT2D eigenvalue weighted by molar-refractivity contribution is -0.136. The van der Waals surface area contributed by atoms with Crippen molar-refractivity contribution in [1.82, 2.24) is 9.99 Å². The summed E-state index contributed by atoms with van der Waals surface area (Å²) >= 11 is 0. The van der Waals surface area contributed by atoms with Crippen LogP contribution in [-0.2, 0) is 9.59 Å². The molecule has 0 unspecified atom stereocenters. The van der Waals surface area contributed by atoms with Gasteiger partial charge in [-0.25, -0.2) is 5.43 Å². The van der Waals surface area contributed by atoms with E-state index in [2.05, 4.69) is 34.3 Å². The molecule has 2 amide bonds. The Morgan fingerprint density at radius 3 is 2.30 bits per heavy atom. The third-order valence-corrected chi connectivity index (χ3v) is 5.29. The highest BCUT2D eigenvalue weighted by atomic mass is 16.5. The molecule has 0 aliphatic heterocycles. The van der Waals surface area contributed by atoms with Crippen LogP contribution in [0, 0.1) is 13.8 Å². The molecule has 1 aromatic heterocycles. The molecule has 0 radical (unpaired) electrons. The molecule has 3 aromatic rings. The first-order valence-electron chi connectivity index (χ1n) is 11.0. The van der Waals surface area contributed by atoms with Gasteiger partial charge in [0.15, 0.2) is 0 Å². The van der Waals surface area contributed by atoms with Crippen molar-refractivity contribution in [3.63, 3.8) is 0 Å². The van der Waals surface area contributed by atoms with Gasteiger partial charge in [-0.3, -0.25) is 9.59 Å². The van der Waals surface area contributed by atoms with Crippen molar-refractivity contribution < 1.29 is 14.3 Å². The van der Waals surface area contributed by atoms with Crippen LogP contribution in [0.4, 0.5) is 5.69 Å². The van der Waals surface area contributed by atoms with Crippen LogP contribution in [0.25, 0.3) is 5.69 Å². The van der Waals surface area contributed by atoms with E-state index in [9.17, 15) is 9.59 Å². The average molecular weight is 447 g/mol. The number of carbonyl (C=O) groups excluding carboxylic acids is 2. The maximum Gasteiger partial charge on any atom is 0.329 e. The van der Waals surface area contributed by atoms with Crippen molar-refractivity contribution in [3.8, 4) is 11.4 Å². The first-order chi connectivity index (χ1) is 15.8. The van der Waals surface area contributed by atoms with Gasteiger partial charge in [0.05, 0.1) is 12.8 Å². The number of nitrogens with zero attached hydrogens (tertiary/aromatic N) is 2. The summed E-state index contributed by atoms with van der Waals surface area (Å²) in [7, 11) is 0. The van der Waals surface area contributed by atoms with Gasteiger partial charge in [-0.1, -0.05) is 26.0 Å². The third kappa shape index (κ3) is 5.88. The van der Waals surface area contributed by atoms with E-state index in [0.29, 0.717) is 18.2 Å². The number of hydrazone groups is 1. The zero-order valence-corrected chi connectivity index (χ0v) is 19.7. The lowest BCUT2D eigenvalue weighted by atomic mass is 10.0. The van der Waals surface area contributed by atoms with Gasteiger partial charge in [-0.05, 0) is 74.7 Å². The van der Waals surface area contributed by atoms with Gasteiger partial charge in [0.1, 0.15) is 5.75 Å². The summed E-state index contributed by atoms with van der Waals surface area (Å²) in [6.07, 6.45) is 1.54. The molecule has 172 valence electrons. The number of aryl methyl sites for hydroxylation is 1. The minimum atomic E-state index is -0.834. The van der Waals surface area contributed by atoms with Gasteiger partial charge in [-0.2, -0.15) is 5.10 Å². The maximum absolute atomic E-state index is 12.1. The van der Waals surface area contributed by atoms with E-state index in [1.807, 2.05) is 63.2 Å². The molecular formula is C26H30N4O3. The van der Waals surface area contributed by atoms with Crippen molar-refractivity contribution >= 4 is 23.7 Å². The molecule has 0 atom stereocenters. The standard InChI is InChI=1S/C26H30N4O3/c1-6-33-24-13-11-23(12-14-24)30-18(4)15-21(19(30)5)16-27-29-26(32)25(31)28-22-9-7-20(8-10-22)17(2)3/h7-17H,6H2,1-5H3,(H,28,31)(H,29,32)/b27-16-. The number of amides is 2. The Balaban J connectivity index is 1.63. The van der Waals surface area contributed by atoms with Gasteiger partial charge in [0.25, 0.3) is 0 Å². The van der Waals surface area contributed by atoms with E-state index >= 15 is 0 Å². The number of benzene rings is 2. The number of hydrogen-bond acceptors (Lipinski definition) is 4. The van der Waals surface area contributed by atoms with E-state index in [-0.39, 0.29) is 0 Å². The highest BCUT2D eigenvalue weighted by Gasteiger charge is 2.14. The lowest BCUT2D eigenvalue weighted by Gasteiger charge is -2.11. The minimum Gasteiger partial charge on any atom is -0.494 e. The topological polar surface area (TPSA) is 84.7 Å². The largest absolute Gasteiger partial charge is 0.494 e. The molecule has 0 aliphatic carbocycles. The van der Waals surface area contributed by atoms with Crippen molar-refractivity contribution in [3.05, 3.63) is 77.1 Å². The van der Waals surface area contributed by atoms with Crippen LogP contribution in [0.5, 0.6) is 5.75 Å². The highest BCUT2D eigenvalue weighted by molar-refractivity contribution is 6.39. The fraction of sp³-hybridized carbons (Fsp3) is 0.269. The second-order valence-corrected chi connectivity index (χ2v) is 8.02. The smallest absolute Gasteiger partial charge is 0.329 e. The number of anilines is 1. The third-order valence-electron chi connectivity index (χ3n) is 5.29. The Morgan fingerprint density at radius 2 is 1.70 bits per heavy atom. The predicted octanol–water partition coefficient (Wildman–Crippen LogP) is 4.71. The Kier molecular flexibility index (Phi) is 7.66. The number of carbonyl (C=O) groups is 2. The highest BCUT2D eigenvalue weighted by Crippen LogP contribution is 2.22. The van der Waals surface area contributed by atoms with Gasteiger partial charge >= 0.3 is 11.8 Å². The molecule has 2 aromatic carbocycles. The molecule has 0 saturated carbocycles. The zero-order valence-electron chi connectivity index (χ0n) is 19.7. The van der Waals surface area contributed by atoms with Crippen LogP contribution >= 0.6 is 0 Å². The van der Waals surface area contributed by atoms with Crippen LogP contribution in [0.15, 0.2) is 59.7 Å². The molecule has 0 saturated heterocycles. The average Bonchev–Trinajstić information content (AvgIpc) is 3.07. The molecule has 3 rings (SSSR count). The second-order valence-electron chi connectivity index (χ2n) is 8.02. The van der Waals surface area contributed by atoms with Gasteiger partial charge < -0.3 is 14.6 Å². The molecule has 0 aliphatic rings. The molecule has 2 N–H and O–H groups in total.